The zero-order chi connectivity index (χ0) is 10.0. The van der Waals surface area contributed by atoms with Crippen LogP contribution in [0.25, 0.3) is 0 Å². The van der Waals surface area contributed by atoms with Crippen molar-refractivity contribution in [2.24, 2.45) is 5.73 Å². The van der Waals surface area contributed by atoms with Crippen molar-refractivity contribution >= 4 is 0 Å². The Hall–Kier alpha value is -0.150. The maximum absolute atomic E-state index is 14.7. The summed E-state index contributed by atoms with van der Waals surface area (Å²) < 4.78 is 14.7. The number of hydrogen-bond donors (Lipinski definition) is 1. The second-order valence-electron chi connectivity index (χ2n) is 4.72. The lowest BCUT2D eigenvalue weighted by molar-refractivity contribution is 0.0481. The molecule has 82 valence electrons. The normalized spacial score (nSPS) is 39.4. The molecule has 2 nitrogen and oxygen atoms in total. The molecule has 2 heterocycles. The summed E-state index contributed by atoms with van der Waals surface area (Å²) in [5.74, 6) is 0. The molecule has 0 amide bonds. The summed E-state index contributed by atoms with van der Waals surface area (Å²) in [5, 5.41) is 0. The summed E-state index contributed by atoms with van der Waals surface area (Å²) >= 11 is 0. The molecule has 2 fully saturated rings. The minimum absolute atomic E-state index is 0.175. The number of halogens is 1. The predicted octanol–water partition coefficient (Wildman–Crippen LogP) is 1.69. The van der Waals surface area contributed by atoms with Gasteiger partial charge in [0.1, 0.15) is 5.67 Å². The van der Waals surface area contributed by atoms with Crippen LogP contribution < -0.4 is 5.73 Å². The van der Waals surface area contributed by atoms with Crippen LogP contribution in [0.1, 0.15) is 38.5 Å². The zero-order valence-electron chi connectivity index (χ0n) is 8.84. The van der Waals surface area contributed by atoms with E-state index in [1.807, 2.05) is 0 Å². The summed E-state index contributed by atoms with van der Waals surface area (Å²) in [6.45, 7) is 2.68. The molecule has 2 rings (SSSR count). The largest absolute Gasteiger partial charge is 0.330 e. The van der Waals surface area contributed by atoms with Crippen molar-refractivity contribution in [3.63, 3.8) is 0 Å². The third-order valence-corrected chi connectivity index (χ3v) is 3.81. The van der Waals surface area contributed by atoms with Gasteiger partial charge in [0.05, 0.1) is 0 Å². The van der Waals surface area contributed by atoms with Gasteiger partial charge in [0.15, 0.2) is 0 Å². The van der Waals surface area contributed by atoms with Crippen molar-refractivity contribution in [1.29, 1.82) is 0 Å². The first kappa shape index (κ1) is 10.4. The van der Waals surface area contributed by atoms with E-state index in [2.05, 4.69) is 4.90 Å². The van der Waals surface area contributed by atoms with Crippen molar-refractivity contribution in [2.45, 2.75) is 50.2 Å². The van der Waals surface area contributed by atoms with E-state index in [-0.39, 0.29) is 6.04 Å². The van der Waals surface area contributed by atoms with Gasteiger partial charge in [-0.3, -0.25) is 4.90 Å². The molecular formula is C11H21FN2. The Morgan fingerprint density at radius 2 is 2.07 bits per heavy atom. The molecule has 0 aliphatic carbocycles. The third-order valence-electron chi connectivity index (χ3n) is 3.81. The van der Waals surface area contributed by atoms with E-state index in [1.54, 1.807) is 0 Å². The van der Waals surface area contributed by atoms with Crippen LogP contribution in [0.4, 0.5) is 4.39 Å². The Kier molecular flexibility index (Phi) is 3.07. The van der Waals surface area contributed by atoms with E-state index in [0.29, 0.717) is 13.0 Å². The molecule has 14 heavy (non-hydrogen) atoms. The van der Waals surface area contributed by atoms with E-state index >= 15 is 0 Å². The quantitative estimate of drug-likeness (QED) is 0.735. The zero-order valence-corrected chi connectivity index (χ0v) is 8.84. The Morgan fingerprint density at radius 3 is 2.86 bits per heavy atom. The maximum Gasteiger partial charge on any atom is 0.127 e. The number of nitrogens with two attached hydrogens (primary N) is 1. The lowest BCUT2D eigenvalue weighted by Gasteiger charge is -2.34. The molecule has 0 spiro atoms. The fourth-order valence-electron chi connectivity index (χ4n) is 3.11. The van der Waals surface area contributed by atoms with Crippen LogP contribution in [0.15, 0.2) is 0 Å². The smallest absolute Gasteiger partial charge is 0.127 e. The number of rotatable bonds is 2. The van der Waals surface area contributed by atoms with Crippen molar-refractivity contribution in [2.75, 3.05) is 19.6 Å². The SMILES string of the molecule is NCCC1(F)CCCCN2CCCC21. The summed E-state index contributed by atoms with van der Waals surface area (Å²) in [4.78, 5) is 2.35. The molecule has 0 aromatic heterocycles. The molecule has 2 aliphatic heterocycles. The average molecular weight is 200 g/mol. The molecule has 0 aromatic carbocycles. The van der Waals surface area contributed by atoms with Gasteiger partial charge in [-0.25, -0.2) is 4.39 Å². The van der Waals surface area contributed by atoms with Crippen LogP contribution in [0, 0.1) is 0 Å². The molecule has 0 aromatic rings. The monoisotopic (exact) mass is 200 g/mol. The molecule has 0 radical (unpaired) electrons. The summed E-state index contributed by atoms with van der Waals surface area (Å²) in [6.07, 6.45) is 5.67. The number of nitrogens with zero attached hydrogens (tertiary/aromatic N) is 1. The van der Waals surface area contributed by atoms with Crippen molar-refractivity contribution in [1.82, 2.24) is 4.90 Å². The fraction of sp³-hybridized carbons (Fsp3) is 1.00. The van der Waals surface area contributed by atoms with Gasteiger partial charge in [-0.1, -0.05) is 0 Å². The van der Waals surface area contributed by atoms with Gasteiger partial charge in [0.25, 0.3) is 0 Å². The molecule has 2 aliphatic rings. The highest BCUT2D eigenvalue weighted by atomic mass is 19.1. The average Bonchev–Trinajstić information content (AvgIpc) is 2.57. The van der Waals surface area contributed by atoms with Crippen LogP contribution >= 0.6 is 0 Å². The van der Waals surface area contributed by atoms with Gasteiger partial charge < -0.3 is 5.73 Å². The lowest BCUT2D eigenvalue weighted by atomic mass is 9.87. The molecule has 2 saturated heterocycles. The van der Waals surface area contributed by atoms with Crippen LogP contribution in [0.2, 0.25) is 0 Å². The number of alkyl halides is 1. The van der Waals surface area contributed by atoms with Crippen LogP contribution in [0.3, 0.4) is 0 Å². The second kappa shape index (κ2) is 4.15. The van der Waals surface area contributed by atoms with Gasteiger partial charge in [0.2, 0.25) is 0 Å². The van der Waals surface area contributed by atoms with Gasteiger partial charge in [-0.05, 0) is 58.2 Å². The third kappa shape index (κ3) is 1.80. The highest BCUT2D eigenvalue weighted by Crippen LogP contribution is 2.38. The van der Waals surface area contributed by atoms with Gasteiger partial charge in [0, 0.05) is 6.04 Å². The Balaban J connectivity index is 2.11. The van der Waals surface area contributed by atoms with Gasteiger partial charge >= 0.3 is 0 Å². The predicted molar refractivity (Wildman–Crippen MR) is 56.0 cm³/mol. The van der Waals surface area contributed by atoms with Crippen molar-refractivity contribution in [3.8, 4) is 0 Å². The van der Waals surface area contributed by atoms with E-state index in [9.17, 15) is 4.39 Å². The summed E-state index contributed by atoms with van der Waals surface area (Å²) in [5.41, 5.74) is 4.54. The van der Waals surface area contributed by atoms with Crippen LogP contribution in [0.5, 0.6) is 0 Å². The van der Waals surface area contributed by atoms with Crippen molar-refractivity contribution in [3.05, 3.63) is 0 Å². The standard InChI is InChI=1S/C11H21FN2/c12-11(6-7-13)5-1-2-8-14-9-3-4-10(11)14/h10H,1-9,13H2. The minimum Gasteiger partial charge on any atom is -0.330 e. The first-order valence-corrected chi connectivity index (χ1v) is 5.89. The summed E-state index contributed by atoms with van der Waals surface area (Å²) in [6, 6.07) is 0.175. The van der Waals surface area contributed by atoms with Crippen LogP contribution in [-0.2, 0) is 0 Å². The molecule has 0 bridgehead atoms. The number of fused-ring (bicyclic) bond motifs is 1. The molecule has 3 heteroatoms. The lowest BCUT2D eigenvalue weighted by Crippen LogP contribution is -2.46. The Morgan fingerprint density at radius 1 is 1.29 bits per heavy atom. The molecule has 2 N–H and O–H groups in total. The molecule has 2 atom stereocenters. The molecular weight excluding hydrogens is 179 g/mol. The second-order valence-corrected chi connectivity index (χ2v) is 4.72. The highest BCUT2D eigenvalue weighted by Gasteiger charge is 2.44. The topological polar surface area (TPSA) is 29.3 Å². The number of hydrogen-bond acceptors (Lipinski definition) is 2. The van der Waals surface area contributed by atoms with Crippen LogP contribution in [-0.4, -0.2) is 36.2 Å². The Labute approximate surface area is 85.6 Å². The van der Waals surface area contributed by atoms with E-state index in [4.69, 9.17) is 5.73 Å². The van der Waals surface area contributed by atoms with Crippen molar-refractivity contribution < 1.29 is 4.39 Å². The fourth-order valence-corrected chi connectivity index (χ4v) is 3.11. The first-order chi connectivity index (χ1) is 6.76. The van der Waals surface area contributed by atoms with Gasteiger partial charge in [-0.15, -0.1) is 0 Å². The summed E-state index contributed by atoms with van der Waals surface area (Å²) in [7, 11) is 0. The van der Waals surface area contributed by atoms with E-state index in [1.165, 1.54) is 6.42 Å². The minimum atomic E-state index is -0.984. The first-order valence-electron chi connectivity index (χ1n) is 5.89. The maximum atomic E-state index is 14.7. The highest BCUT2D eigenvalue weighted by molar-refractivity contribution is 4.98. The van der Waals surface area contributed by atoms with E-state index in [0.717, 1.165) is 38.8 Å². The molecule has 0 saturated carbocycles. The van der Waals surface area contributed by atoms with E-state index < -0.39 is 5.67 Å². The molecule has 2 unspecified atom stereocenters. The Bertz CT molecular complexity index is 198. The van der Waals surface area contributed by atoms with Gasteiger partial charge in [-0.2, -0.15) is 0 Å².